The van der Waals surface area contributed by atoms with Crippen LogP contribution in [0.2, 0.25) is 0 Å². The lowest BCUT2D eigenvalue weighted by Gasteiger charge is -2.21. The van der Waals surface area contributed by atoms with Gasteiger partial charge < -0.3 is 4.57 Å². The molecule has 0 atom stereocenters. The molecule has 2 rings (SSSR count). The second-order valence-corrected chi connectivity index (χ2v) is 5.10. The van der Waals surface area contributed by atoms with Crippen LogP contribution in [-0.2, 0) is 0 Å². The van der Waals surface area contributed by atoms with Gasteiger partial charge in [-0.15, -0.1) is 0 Å². The van der Waals surface area contributed by atoms with Crippen LogP contribution in [0.3, 0.4) is 0 Å². The second-order valence-electron chi connectivity index (χ2n) is 5.10. The van der Waals surface area contributed by atoms with Gasteiger partial charge in [0, 0.05) is 11.7 Å². The summed E-state index contributed by atoms with van der Waals surface area (Å²) >= 11 is 0. The molecule has 1 aromatic heterocycles. The lowest BCUT2D eigenvalue weighted by Crippen LogP contribution is -2.29. The Kier molecular flexibility index (Phi) is 3.46. The van der Waals surface area contributed by atoms with Crippen LogP contribution in [0.25, 0.3) is 0 Å². The summed E-state index contributed by atoms with van der Waals surface area (Å²) in [5.41, 5.74) is 1.21. The zero-order valence-electron chi connectivity index (χ0n) is 10.5. The van der Waals surface area contributed by atoms with E-state index >= 15 is 0 Å². The fourth-order valence-electron chi connectivity index (χ4n) is 2.68. The minimum Gasteiger partial charge on any atom is -0.309 e. The van der Waals surface area contributed by atoms with Gasteiger partial charge in [-0.3, -0.25) is 9.59 Å². The molecule has 0 aliphatic heterocycles. The topological polar surface area (TPSA) is 39.1 Å². The molecule has 17 heavy (non-hydrogen) atoms. The van der Waals surface area contributed by atoms with Gasteiger partial charge in [-0.2, -0.15) is 0 Å². The average Bonchev–Trinajstić information content (AvgIpc) is 2.81. The Morgan fingerprint density at radius 1 is 1.29 bits per heavy atom. The van der Waals surface area contributed by atoms with Crippen molar-refractivity contribution in [1.82, 2.24) is 4.57 Å². The molecule has 1 heterocycles. The number of carbonyl (C=O) groups is 1. The van der Waals surface area contributed by atoms with E-state index in [2.05, 4.69) is 13.8 Å². The normalized spacial score (nSPS) is 16.6. The van der Waals surface area contributed by atoms with Crippen LogP contribution in [0, 0.1) is 0 Å². The molecule has 0 aromatic carbocycles. The molecule has 1 aromatic rings. The SMILES string of the molecule is CC(C)c1ccc(C=O)c(=O)n1C1CCCC1. The fourth-order valence-corrected chi connectivity index (χ4v) is 2.68. The molecule has 3 heteroatoms. The maximum Gasteiger partial charge on any atom is 0.261 e. The number of pyridine rings is 1. The second kappa shape index (κ2) is 4.86. The fraction of sp³-hybridized carbons (Fsp3) is 0.571. The van der Waals surface area contributed by atoms with Crippen LogP contribution < -0.4 is 5.56 Å². The van der Waals surface area contributed by atoms with Crippen molar-refractivity contribution < 1.29 is 4.79 Å². The van der Waals surface area contributed by atoms with Gasteiger partial charge in [-0.1, -0.05) is 26.7 Å². The highest BCUT2D eigenvalue weighted by molar-refractivity contribution is 5.74. The number of aromatic nitrogens is 1. The van der Waals surface area contributed by atoms with Crippen molar-refractivity contribution in [3.8, 4) is 0 Å². The molecule has 1 aliphatic rings. The van der Waals surface area contributed by atoms with Crippen molar-refractivity contribution in [2.45, 2.75) is 51.5 Å². The lowest BCUT2D eigenvalue weighted by atomic mass is 10.1. The Labute approximate surface area is 101 Å². The first kappa shape index (κ1) is 12.1. The zero-order valence-corrected chi connectivity index (χ0v) is 10.5. The van der Waals surface area contributed by atoms with Gasteiger partial charge in [0.1, 0.15) is 0 Å². The van der Waals surface area contributed by atoms with Crippen LogP contribution in [0.1, 0.15) is 67.5 Å². The number of nitrogens with zero attached hydrogens (tertiary/aromatic N) is 1. The van der Waals surface area contributed by atoms with E-state index in [-0.39, 0.29) is 11.1 Å². The van der Waals surface area contributed by atoms with E-state index in [1.54, 1.807) is 6.07 Å². The summed E-state index contributed by atoms with van der Waals surface area (Å²) in [7, 11) is 0. The monoisotopic (exact) mass is 233 g/mol. The van der Waals surface area contributed by atoms with Gasteiger partial charge in [0.2, 0.25) is 0 Å². The Morgan fingerprint density at radius 3 is 2.47 bits per heavy atom. The zero-order chi connectivity index (χ0) is 12.4. The minimum atomic E-state index is -0.113. The summed E-state index contributed by atoms with van der Waals surface area (Å²) in [4.78, 5) is 23.1. The van der Waals surface area contributed by atoms with Crippen LogP contribution >= 0.6 is 0 Å². The van der Waals surface area contributed by atoms with E-state index in [1.165, 1.54) is 12.8 Å². The highest BCUT2D eigenvalue weighted by atomic mass is 16.1. The van der Waals surface area contributed by atoms with Crippen molar-refractivity contribution in [2.24, 2.45) is 0 Å². The van der Waals surface area contributed by atoms with E-state index in [0.717, 1.165) is 18.5 Å². The van der Waals surface area contributed by atoms with Crippen LogP contribution in [0.5, 0.6) is 0 Å². The summed E-state index contributed by atoms with van der Waals surface area (Å²) in [6, 6.07) is 3.87. The van der Waals surface area contributed by atoms with E-state index in [9.17, 15) is 9.59 Å². The molecule has 0 amide bonds. The molecular formula is C14H19NO2. The molecule has 1 saturated carbocycles. The molecule has 0 bridgehead atoms. The van der Waals surface area contributed by atoms with Crippen molar-refractivity contribution >= 4 is 6.29 Å². The molecule has 92 valence electrons. The Balaban J connectivity index is 2.58. The van der Waals surface area contributed by atoms with Crippen LogP contribution in [-0.4, -0.2) is 10.9 Å². The summed E-state index contributed by atoms with van der Waals surface area (Å²) in [5, 5.41) is 0. The van der Waals surface area contributed by atoms with E-state index in [4.69, 9.17) is 0 Å². The number of carbonyl (C=O) groups excluding carboxylic acids is 1. The highest BCUT2D eigenvalue weighted by Gasteiger charge is 2.22. The number of aldehydes is 1. The van der Waals surface area contributed by atoms with Crippen molar-refractivity contribution in [3.05, 3.63) is 33.7 Å². The van der Waals surface area contributed by atoms with E-state index < -0.39 is 0 Å². The Bertz CT molecular complexity index is 468. The molecule has 0 spiro atoms. The molecule has 0 radical (unpaired) electrons. The minimum absolute atomic E-state index is 0.113. The Hall–Kier alpha value is -1.38. The van der Waals surface area contributed by atoms with Gasteiger partial charge in [0.15, 0.2) is 6.29 Å². The highest BCUT2D eigenvalue weighted by Crippen LogP contribution is 2.30. The molecule has 3 nitrogen and oxygen atoms in total. The lowest BCUT2D eigenvalue weighted by molar-refractivity contribution is 0.112. The standard InChI is InChI=1S/C14H19NO2/c1-10(2)13-8-7-11(9-16)14(17)15(13)12-5-3-4-6-12/h7-10,12H,3-6H2,1-2H3. The third-order valence-corrected chi connectivity index (χ3v) is 3.59. The van der Waals surface area contributed by atoms with Crippen molar-refractivity contribution in [2.75, 3.05) is 0 Å². The molecule has 1 aliphatic carbocycles. The summed E-state index contributed by atoms with van der Waals surface area (Å²) in [5.74, 6) is 0.309. The first-order valence-corrected chi connectivity index (χ1v) is 6.35. The summed E-state index contributed by atoms with van der Waals surface area (Å²) < 4.78 is 1.86. The Morgan fingerprint density at radius 2 is 1.94 bits per heavy atom. The first-order chi connectivity index (χ1) is 8.15. The van der Waals surface area contributed by atoms with Gasteiger partial charge in [-0.25, -0.2) is 0 Å². The van der Waals surface area contributed by atoms with Crippen molar-refractivity contribution in [3.63, 3.8) is 0 Å². The molecular weight excluding hydrogens is 214 g/mol. The number of hydrogen-bond acceptors (Lipinski definition) is 2. The van der Waals surface area contributed by atoms with Gasteiger partial charge in [-0.05, 0) is 30.9 Å². The van der Waals surface area contributed by atoms with Crippen LogP contribution in [0.15, 0.2) is 16.9 Å². The van der Waals surface area contributed by atoms with E-state index in [1.807, 2.05) is 10.6 Å². The van der Waals surface area contributed by atoms with Gasteiger partial charge in [0.05, 0.1) is 5.56 Å². The predicted octanol–water partition coefficient (Wildman–Crippen LogP) is 2.90. The predicted molar refractivity (Wildman–Crippen MR) is 67.7 cm³/mol. The maximum absolute atomic E-state index is 12.2. The quantitative estimate of drug-likeness (QED) is 0.753. The third-order valence-electron chi connectivity index (χ3n) is 3.59. The van der Waals surface area contributed by atoms with Gasteiger partial charge >= 0.3 is 0 Å². The first-order valence-electron chi connectivity index (χ1n) is 6.35. The van der Waals surface area contributed by atoms with Crippen molar-refractivity contribution in [1.29, 1.82) is 0 Å². The molecule has 0 saturated heterocycles. The largest absolute Gasteiger partial charge is 0.309 e. The smallest absolute Gasteiger partial charge is 0.261 e. The molecule has 0 unspecified atom stereocenters. The average molecular weight is 233 g/mol. The molecule has 1 fully saturated rings. The molecule has 0 N–H and O–H groups in total. The number of rotatable bonds is 3. The summed E-state index contributed by atoms with van der Waals surface area (Å²) in [6.45, 7) is 4.17. The third kappa shape index (κ3) is 2.19. The maximum atomic E-state index is 12.2. The van der Waals surface area contributed by atoms with Crippen LogP contribution in [0.4, 0.5) is 0 Å². The van der Waals surface area contributed by atoms with E-state index in [0.29, 0.717) is 18.2 Å². The summed E-state index contributed by atoms with van der Waals surface area (Å²) in [6.07, 6.45) is 5.14. The van der Waals surface area contributed by atoms with Gasteiger partial charge in [0.25, 0.3) is 5.56 Å². The number of hydrogen-bond donors (Lipinski definition) is 0.